The quantitative estimate of drug-likeness (QED) is 0.395. The van der Waals surface area contributed by atoms with Crippen molar-refractivity contribution in [2.24, 2.45) is 0 Å². The van der Waals surface area contributed by atoms with Gasteiger partial charge in [-0.25, -0.2) is 4.79 Å². The van der Waals surface area contributed by atoms with Crippen molar-refractivity contribution >= 4 is 6.09 Å². The smallest absolute Gasteiger partial charge is 0.419 e. The van der Waals surface area contributed by atoms with Gasteiger partial charge in [-0.3, -0.25) is 4.90 Å². The van der Waals surface area contributed by atoms with E-state index in [1.54, 1.807) is 0 Å². The van der Waals surface area contributed by atoms with Gasteiger partial charge in [0.25, 0.3) is 5.89 Å². The highest BCUT2D eigenvalue weighted by Gasteiger charge is 2.41. The molecule has 2 N–H and O–H groups in total. The normalized spacial score (nSPS) is 18.4. The molecule has 188 valence electrons. The van der Waals surface area contributed by atoms with Crippen molar-refractivity contribution in [1.29, 1.82) is 0 Å². The standard InChI is InChI=1S/C23H30F3N3O5/c1-2-3-4-5-6-7-8-13-33-18-10-9-15(14-16(18)23(24,25)26)20-27-21(34-28-20)19-17(30)11-12-29(19)22(31)32/h9-10,14,17,19,30H,2-8,11-13H2,1H3,(H,31,32)/t17-,19-/m0/s1. The molecule has 2 heterocycles. The first-order chi connectivity index (χ1) is 16.2. The fourth-order valence-electron chi connectivity index (χ4n) is 4.02. The Bertz CT molecular complexity index is 950. The summed E-state index contributed by atoms with van der Waals surface area (Å²) < 4.78 is 51.6. The summed E-state index contributed by atoms with van der Waals surface area (Å²) in [6, 6.07) is 2.44. The predicted molar refractivity (Wildman–Crippen MR) is 116 cm³/mol. The van der Waals surface area contributed by atoms with E-state index >= 15 is 0 Å². The number of hydrogen-bond acceptors (Lipinski definition) is 6. The number of amides is 1. The number of aliphatic hydroxyl groups excluding tert-OH is 1. The van der Waals surface area contributed by atoms with Crippen molar-refractivity contribution in [3.8, 4) is 17.1 Å². The van der Waals surface area contributed by atoms with Gasteiger partial charge in [0.05, 0.1) is 18.3 Å². The lowest BCUT2D eigenvalue weighted by Gasteiger charge is -2.19. The van der Waals surface area contributed by atoms with Crippen molar-refractivity contribution in [1.82, 2.24) is 15.0 Å². The van der Waals surface area contributed by atoms with E-state index in [9.17, 15) is 28.2 Å². The summed E-state index contributed by atoms with van der Waals surface area (Å²) in [5.41, 5.74) is -0.910. The second kappa shape index (κ2) is 11.5. The van der Waals surface area contributed by atoms with E-state index in [1.807, 2.05) is 0 Å². The summed E-state index contributed by atoms with van der Waals surface area (Å²) in [5, 5.41) is 23.1. The van der Waals surface area contributed by atoms with Gasteiger partial charge in [0.15, 0.2) is 0 Å². The molecule has 1 fully saturated rings. The van der Waals surface area contributed by atoms with Crippen LogP contribution >= 0.6 is 0 Å². The highest BCUT2D eigenvalue weighted by molar-refractivity contribution is 5.66. The van der Waals surface area contributed by atoms with Gasteiger partial charge in [-0.1, -0.05) is 50.6 Å². The lowest BCUT2D eigenvalue weighted by Crippen LogP contribution is -2.32. The van der Waals surface area contributed by atoms with Gasteiger partial charge >= 0.3 is 12.3 Å². The molecule has 0 unspecified atom stereocenters. The van der Waals surface area contributed by atoms with Crippen LogP contribution in [0.5, 0.6) is 5.75 Å². The molecule has 2 aromatic rings. The number of likely N-dealkylation sites (tertiary alicyclic amines) is 1. The largest absolute Gasteiger partial charge is 0.493 e. The third-order valence-corrected chi connectivity index (χ3v) is 5.86. The molecule has 1 aliphatic rings. The molecule has 1 aromatic carbocycles. The number of benzene rings is 1. The Labute approximate surface area is 195 Å². The first-order valence-electron chi connectivity index (χ1n) is 11.6. The van der Waals surface area contributed by atoms with E-state index in [0.717, 1.165) is 36.6 Å². The Kier molecular flexibility index (Phi) is 8.76. The fraction of sp³-hybridized carbons (Fsp3) is 0.609. The van der Waals surface area contributed by atoms with Crippen LogP contribution in [0.4, 0.5) is 18.0 Å². The van der Waals surface area contributed by atoms with Crippen LogP contribution in [0.15, 0.2) is 22.7 Å². The highest BCUT2D eigenvalue weighted by Crippen LogP contribution is 2.39. The molecule has 8 nitrogen and oxygen atoms in total. The maximum Gasteiger partial charge on any atom is 0.419 e. The lowest BCUT2D eigenvalue weighted by molar-refractivity contribution is -0.138. The van der Waals surface area contributed by atoms with Gasteiger partial charge in [-0.15, -0.1) is 0 Å². The molecule has 0 bridgehead atoms. The second-order valence-corrected chi connectivity index (χ2v) is 8.41. The molecule has 0 aliphatic carbocycles. The first-order valence-corrected chi connectivity index (χ1v) is 11.6. The Morgan fingerprint density at radius 3 is 2.59 bits per heavy atom. The summed E-state index contributed by atoms with van der Waals surface area (Å²) in [4.78, 5) is 16.4. The third kappa shape index (κ3) is 6.40. The summed E-state index contributed by atoms with van der Waals surface area (Å²) in [6.45, 7) is 2.41. The number of aliphatic hydroxyl groups is 1. The average Bonchev–Trinajstić information content (AvgIpc) is 3.41. The number of rotatable bonds is 11. The maximum absolute atomic E-state index is 13.7. The van der Waals surface area contributed by atoms with Crippen LogP contribution in [0.2, 0.25) is 0 Å². The Morgan fingerprint density at radius 1 is 1.21 bits per heavy atom. The van der Waals surface area contributed by atoms with E-state index in [0.29, 0.717) is 6.42 Å². The molecule has 1 amide bonds. The molecule has 0 radical (unpaired) electrons. The zero-order chi connectivity index (χ0) is 24.7. The Morgan fingerprint density at radius 2 is 1.91 bits per heavy atom. The first kappa shape index (κ1) is 25.8. The molecular formula is C23H30F3N3O5. The average molecular weight is 486 g/mol. The van der Waals surface area contributed by atoms with Crippen LogP contribution in [0.25, 0.3) is 11.4 Å². The number of hydrogen-bond donors (Lipinski definition) is 2. The fourth-order valence-corrected chi connectivity index (χ4v) is 4.02. The van der Waals surface area contributed by atoms with Gasteiger partial charge in [-0.2, -0.15) is 18.2 Å². The van der Waals surface area contributed by atoms with Crippen molar-refractivity contribution in [3.63, 3.8) is 0 Å². The highest BCUT2D eigenvalue weighted by atomic mass is 19.4. The summed E-state index contributed by atoms with van der Waals surface area (Å²) >= 11 is 0. The zero-order valence-corrected chi connectivity index (χ0v) is 19.1. The molecule has 1 aromatic heterocycles. The monoisotopic (exact) mass is 485 g/mol. The van der Waals surface area contributed by atoms with Crippen LogP contribution in [-0.2, 0) is 6.18 Å². The van der Waals surface area contributed by atoms with Gasteiger partial charge in [0.1, 0.15) is 11.8 Å². The third-order valence-electron chi connectivity index (χ3n) is 5.86. The van der Waals surface area contributed by atoms with Crippen molar-refractivity contribution in [3.05, 3.63) is 29.7 Å². The van der Waals surface area contributed by atoms with Crippen LogP contribution in [-0.4, -0.2) is 50.6 Å². The number of aromatic nitrogens is 2. The van der Waals surface area contributed by atoms with Crippen LogP contribution in [0.1, 0.15) is 75.8 Å². The molecule has 0 spiro atoms. The van der Waals surface area contributed by atoms with E-state index in [4.69, 9.17) is 9.26 Å². The van der Waals surface area contributed by atoms with Gasteiger partial charge in [-0.05, 0) is 31.0 Å². The van der Waals surface area contributed by atoms with Crippen molar-refractivity contribution in [2.45, 2.75) is 76.6 Å². The number of unbranched alkanes of at least 4 members (excludes halogenated alkanes) is 6. The molecule has 1 aliphatic heterocycles. The molecular weight excluding hydrogens is 455 g/mol. The maximum atomic E-state index is 13.7. The number of halogens is 3. The molecule has 0 saturated carbocycles. The number of carboxylic acid groups (broad SMARTS) is 1. The Balaban J connectivity index is 1.69. The molecule has 3 rings (SSSR count). The number of carbonyl (C=O) groups is 1. The molecule has 11 heteroatoms. The minimum Gasteiger partial charge on any atom is -0.493 e. The van der Waals surface area contributed by atoms with Gasteiger partial charge in [0.2, 0.25) is 5.82 Å². The minimum atomic E-state index is -4.65. The molecule has 34 heavy (non-hydrogen) atoms. The predicted octanol–water partition coefficient (Wildman–Crippen LogP) is 5.67. The van der Waals surface area contributed by atoms with E-state index in [2.05, 4.69) is 17.1 Å². The van der Waals surface area contributed by atoms with E-state index in [1.165, 1.54) is 25.0 Å². The van der Waals surface area contributed by atoms with E-state index < -0.39 is 30.0 Å². The molecule has 2 atom stereocenters. The van der Waals surface area contributed by atoms with E-state index in [-0.39, 0.29) is 42.6 Å². The van der Waals surface area contributed by atoms with Crippen LogP contribution in [0, 0.1) is 0 Å². The van der Waals surface area contributed by atoms with Gasteiger partial charge < -0.3 is 19.5 Å². The summed E-state index contributed by atoms with van der Waals surface area (Å²) in [7, 11) is 0. The second-order valence-electron chi connectivity index (χ2n) is 8.41. The number of ether oxygens (including phenoxy) is 1. The topological polar surface area (TPSA) is 109 Å². The van der Waals surface area contributed by atoms with Crippen molar-refractivity contribution in [2.75, 3.05) is 13.2 Å². The Hall–Kier alpha value is -2.82. The summed E-state index contributed by atoms with van der Waals surface area (Å²) in [6.07, 6.45) is 0.473. The van der Waals surface area contributed by atoms with Crippen LogP contribution < -0.4 is 4.74 Å². The number of nitrogens with zero attached hydrogens (tertiary/aromatic N) is 3. The summed E-state index contributed by atoms with van der Waals surface area (Å²) in [5.74, 6) is -0.576. The van der Waals surface area contributed by atoms with Gasteiger partial charge in [0, 0.05) is 12.1 Å². The van der Waals surface area contributed by atoms with Crippen molar-refractivity contribution < 1.29 is 37.4 Å². The lowest BCUT2D eigenvalue weighted by atomic mass is 10.1. The molecule has 1 saturated heterocycles. The number of alkyl halides is 3. The SMILES string of the molecule is CCCCCCCCCOc1ccc(-c2noc([C@@H]3[C@@H](O)CCN3C(=O)O)n2)cc1C(F)(F)F. The van der Waals surface area contributed by atoms with Crippen LogP contribution in [0.3, 0.4) is 0 Å². The minimum absolute atomic E-state index is 0.0416. The zero-order valence-electron chi connectivity index (χ0n) is 19.1.